The lowest BCUT2D eigenvalue weighted by Gasteiger charge is -1.90. The van der Waals surface area contributed by atoms with Crippen molar-refractivity contribution in [1.29, 1.82) is 0 Å². The monoisotopic (exact) mass is 142 g/mol. The second-order valence-corrected chi connectivity index (χ2v) is 2.36. The van der Waals surface area contributed by atoms with Crippen LogP contribution in [0.4, 0.5) is 0 Å². The molecule has 0 saturated heterocycles. The molecule has 0 aliphatic rings. The zero-order valence-electron chi connectivity index (χ0n) is 5.17. The Kier molecular flexibility index (Phi) is 2.64. The molecule has 3 heteroatoms. The topological polar surface area (TPSA) is 28.7 Å². The highest BCUT2D eigenvalue weighted by molar-refractivity contribution is 7.80. The minimum Gasteiger partial charge on any atom is -0.283 e. The van der Waals surface area contributed by atoms with Crippen molar-refractivity contribution in [2.24, 2.45) is 0 Å². The van der Waals surface area contributed by atoms with Gasteiger partial charge in [0.05, 0.1) is 0 Å². The van der Waals surface area contributed by atoms with E-state index in [1.54, 1.807) is 6.20 Å². The first-order chi connectivity index (χ1) is 4.43. The summed E-state index contributed by atoms with van der Waals surface area (Å²) in [7, 11) is 0. The summed E-state index contributed by atoms with van der Waals surface area (Å²) < 4.78 is 0. The van der Waals surface area contributed by atoms with E-state index in [-0.39, 0.29) is 0 Å². The Morgan fingerprint density at radius 2 is 2.56 bits per heavy atom. The first-order valence-electron chi connectivity index (χ1n) is 3.02. The van der Waals surface area contributed by atoms with Crippen LogP contribution in [-0.2, 0) is 6.42 Å². The third-order valence-electron chi connectivity index (χ3n) is 1.16. The smallest absolute Gasteiger partial charge is 0.0490 e. The normalized spacial score (nSPS) is 9.89. The van der Waals surface area contributed by atoms with Crippen LogP contribution >= 0.6 is 12.6 Å². The Hall–Kier alpha value is -0.440. The van der Waals surface area contributed by atoms with Gasteiger partial charge in [-0.25, -0.2) is 0 Å². The lowest BCUT2D eigenvalue weighted by atomic mass is 10.3. The Morgan fingerprint density at radius 3 is 3.11 bits per heavy atom. The Balaban J connectivity index is 2.30. The van der Waals surface area contributed by atoms with Gasteiger partial charge in [0.2, 0.25) is 0 Å². The summed E-state index contributed by atoms with van der Waals surface area (Å²) in [6.07, 6.45) is 3.95. The maximum absolute atomic E-state index is 4.10. The Labute approximate surface area is 60.1 Å². The molecule has 0 unspecified atom stereocenters. The third-order valence-corrected chi connectivity index (χ3v) is 1.48. The molecule has 0 aliphatic heterocycles. The number of aromatic nitrogens is 2. The van der Waals surface area contributed by atoms with Crippen LogP contribution < -0.4 is 0 Å². The standard InChI is InChI=1S/C6H10N2S/c9-5-1-2-6-3-4-7-8-6/h3-4,9H,1-2,5H2,(H,7,8). The van der Waals surface area contributed by atoms with Crippen molar-refractivity contribution in [3.63, 3.8) is 0 Å². The number of thiol groups is 1. The second-order valence-electron chi connectivity index (χ2n) is 1.91. The third kappa shape index (κ3) is 2.10. The molecule has 0 atom stereocenters. The lowest BCUT2D eigenvalue weighted by Crippen LogP contribution is -1.85. The van der Waals surface area contributed by atoms with Crippen molar-refractivity contribution in [2.75, 3.05) is 5.75 Å². The summed E-state index contributed by atoms with van der Waals surface area (Å²) in [5, 5.41) is 6.71. The van der Waals surface area contributed by atoms with Crippen LogP contribution in [0.1, 0.15) is 12.1 Å². The number of nitrogens with one attached hydrogen (secondary N) is 1. The predicted octanol–water partition coefficient (Wildman–Crippen LogP) is 1.27. The Morgan fingerprint density at radius 1 is 1.67 bits per heavy atom. The van der Waals surface area contributed by atoms with Gasteiger partial charge in [0.25, 0.3) is 0 Å². The molecule has 0 aliphatic carbocycles. The number of hydrogen-bond donors (Lipinski definition) is 2. The van der Waals surface area contributed by atoms with Crippen LogP contribution in [-0.4, -0.2) is 16.0 Å². The van der Waals surface area contributed by atoms with E-state index in [1.807, 2.05) is 6.07 Å². The zero-order chi connectivity index (χ0) is 6.53. The molecule has 9 heavy (non-hydrogen) atoms. The number of rotatable bonds is 3. The first-order valence-corrected chi connectivity index (χ1v) is 3.66. The van der Waals surface area contributed by atoms with Gasteiger partial charge in [0, 0.05) is 11.9 Å². The van der Waals surface area contributed by atoms with Crippen molar-refractivity contribution in [3.05, 3.63) is 18.0 Å². The fourth-order valence-corrected chi connectivity index (χ4v) is 0.852. The van der Waals surface area contributed by atoms with Gasteiger partial charge < -0.3 is 0 Å². The van der Waals surface area contributed by atoms with Crippen molar-refractivity contribution in [1.82, 2.24) is 10.2 Å². The Bertz CT molecular complexity index is 148. The lowest BCUT2D eigenvalue weighted by molar-refractivity contribution is 0.876. The molecule has 1 heterocycles. The summed E-state index contributed by atoms with van der Waals surface area (Å²) in [6.45, 7) is 0. The summed E-state index contributed by atoms with van der Waals surface area (Å²) in [5.74, 6) is 0.943. The zero-order valence-corrected chi connectivity index (χ0v) is 6.06. The van der Waals surface area contributed by atoms with Crippen molar-refractivity contribution < 1.29 is 0 Å². The average Bonchev–Trinajstić information content (AvgIpc) is 2.34. The number of hydrogen-bond acceptors (Lipinski definition) is 2. The molecule has 0 fully saturated rings. The van der Waals surface area contributed by atoms with Gasteiger partial charge in [-0.1, -0.05) is 0 Å². The van der Waals surface area contributed by atoms with Crippen LogP contribution in [0.3, 0.4) is 0 Å². The molecule has 2 nitrogen and oxygen atoms in total. The van der Waals surface area contributed by atoms with Gasteiger partial charge in [0.15, 0.2) is 0 Å². The van der Waals surface area contributed by atoms with Crippen LogP contribution in [0.5, 0.6) is 0 Å². The maximum Gasteiger partial charge on any atom is 0.0490 e. The highest BCUT2D eigenvalue weighted by Gasteiger charge is 1.89. The van der Waals surface area contributed by atoms with Gasteiger partial charge in [-0.05, 0) is 24.7 Å². The molecule has 1 N–H and O–H groups in total. The van der Waals surface area contributed by atoms with Gasteiger partial charge in [-0.15, -0.1) is 0 Å². The molecule has 0 saturated carbocycles. The predicted molar refractivity (Wildman–Crippen MR) is 40.8 cm³/mol. The van der Waals surface area contributed by atoms with E-state index >= 15 is 0 Å². The van der Waals surface area contributed by atoms with E-state index < -0.39 is 0 Å². The van der Waals surface area contributed by atoms with Crippen molar-refractivity contribution >= 4 is 12.6 Å². The molecule has 1 aromatic heterocycles. The molecular formula is C6H10N2S. The summed E-state index contributed by atoms with van der Waals surface area (Å²) in [6, 6.07) is 1.99. The van der Waals surface area contributed by atoms with Crippen LogP contribution in [0.2, 0.25) is 0 Å². The van der Waals surface area contributed by atoms with E-state index in [2.05, 4.69) is 22.8 Å². The summed E-state index contributed by atoms with van der Waals surface area (Å²) >= 11 is 4.10. The van der Waals surface area contributed by atoms with Crippen molar-refractivity contribution in [3.8, 4) is 0 Å². The van der Waals surface area contributed by atoms with E-state index in [9.17, 15) is 0 Å². The minimum atomic E-state index is 0.943. The SMILES string of the molecule is SCCCc1ccn[nH]1. The second kappa shape index (κ2) is 3.56. The summed E-state index contributed by atoms with van der Waals surface area (Å²) in [5.41, 5.74) is 1.20. The number of aryl methyl sites for hydroxylation is 1. The van der Waals surface area contributed by atoms with E-state index in [0.717, 1.165) is 18.6 Å². The van der Waals surface area contributed by atoms with Gasteiger partial charge in [0.1, 0.15) is 0 Å². The quantitative estimate of drug-likeness (QED) is 0.611. The number of aromatic amines is 1. The first kappa shape index (κ1) is 6.68. The van der Waals surface area contributed by atoms with Crippen LogP contribution in [0.15, 0.2) is 12.3 Å². The van der Waals surface area contributed by atoms with Gasteiger partial charge in [-0.2, -0.15) is 17.7 Å². The number of H-pyrrole nitrogens is 1. The molecule has 1 aromatic rings. The molecular weight excluding hydrogens is 132 g/mol. The average molecular weight is 142 g/mol. The molecule has 50 valence electrons. The van der Waals surface area contributed by atoms with E-state index in [1.165, 1.54) is 5.69 Å². The molecule has 0 bridgehead atoms. The fraction of sp³-hybridized carbons (Fsp3) is 0.500. The maximum atomic E-state index is 4.10. The fourth-order valence-electron chi connectivity index (χ4n) is 0.693. The highest BCUT2D eigenvalue weighted by Crippen LogP contribution is 1.97. The molecule has 1 rings (SSSR count). The molecule has 0 aromatic carbocycles. The van der Waals surface area contributed by atoms with Crippen LogP contribution in [0.25, 0.3) is 0 Å². The van der Waals surface area contributed by atoms with E-state index in [4.69, 9.17) is 0 Å². The molecule has 0 radical (unpaired) electrons. The minimum absolute atomic E-state index is 0.943. The van der Waals surface area contributed by atoms with Gasteiger partial charge >= 0.3 is 0 Å². The highest BCUT2D eigenvalue weighted by atomic mass is 32.1. The largest absolute Gasteiger partial charge is 0.283 e. The number of nitrogens with zero attached hydrogens (tertiary/aromatic N) is 1. The van der Waals surface area contributed by atoms with Crippen LogP contribution in [0, 0.1) is 0 Å². The summed E-state index contributed by atoms with van der Waals surface area (Å²) in [4.78, 5) is 0. The molecule has 0 amide bonds. The molecule has 0 spiro atoms. The van der Waals surface area contributed by atoms with Crippen molar-refractivity contribution in [2.45, 2.75) is 12.8 Å². The van der Waals surface area contributed by atoms with E-state index in [0.29, 0.717) is 0 Å². The van der Waals surface area contributed by atoms with Gasteiger partial charge in [-0.3, -0.25) is 5.10 Å².